The molecule has 0 spiro atoms. The summed E-state index contributed by atoms with van der Waals surface area (Å²) in [7, 11) is 1.32. The first-order chi connectivity index (χ1) is 8.15. The topological polar surface area (TPSA) is 61.2 Å². The largest absolute Gasteiger partial charge is 0.469 e. The third-order valence-corrected chi connectivity index (χ3v) is 2.38. The zero-order valence-electron chi connectivity index (χ0n) is 10.3. The van der Waals surface area contributed by atoms with Crippen LogP contribution in [0.15, 0.2) is 12.4 Å². The first kappa shape index (κ1) is 13.4. The first-order valence-electron chi connectivity index (χ1n) is 5.75. The zero-order valence-corrected chi connectivity index (χ0v) is 10.3. The van der Waals surface area contributed by atoms with Crippen molar-refractivity contribution < 1.29 is 14.3 Å². The minimum absolute atomic E-state index is 0.0337. The second-order valence-corrected chi connectivity index (χ2v) is 3.90. The molecular weight excluding hydrogens is 220 g/mol. The highest BCUT2D eigenvalue weighted by Gasteiger charge is 2.09. The molecule has 0 radical (unpaired) electrons. The molecule has 0 saturated heterocycles. The molecule has 0 atom stereocenters. The minimum Gasteiger partial charge on any atom is -0.469 e. The Kier molecular flexibility index (Phi) is 5.39. The fourth-order valence-corrected chi connectivity index (χ4v) is 1.51. The number of methoxy groups -OCH3 is 1. The summed E-state index contributed by atoms with van der Waals surface area (Å²) in [5.41, 5.74) is 0.897. The molecule has 94 valence electrons. The van der Waals surface area contributed by atoms with Crippen LogP contribution in [0.1, 0.15) is 31.7 Å². The van der Waals surface area contributed by atoms with Gasteiger partial charge in [0.1, 0.15) is 5.78 Å². The number of hydrogen-bond acceptors (Lipinski definition) is 4. The minimum atomic E-state index is -0.347. The Labute approximate surface area is 101 Å². The third kappa shape index (κ3) is 4.80. The summed E-state index contributed by atoms with van der Waals surface area (Å²) in [4.78, 5) is 22.4. The van der Waals surface area contributed by atoms with E-state index in [0.717, 1.165) is 18.5 Å². The number of ketones is 1. The van der Waals surface area contributed by atoms with Crippen molar-refractivity contribution in [3.05, 3.63) is 18.0 Å². The maximum absolute atomic E-state index is 11.6. The summed E-state index contributed by atoms with van der Waals surface area (Å²) < 4.78 is 6.30. The average molecular weight is 238 g/mol. The summed E-state index contributed by atoms with van der Waals surface area (Å²) in [6.07, 6.45) is 5.30. The molecule has 1 rings (SSSR count). The van der Waals surface area contributed by atoms with E-state index in [2.05, 4.69) is 16.8 Å². The molecule has 0 bridgehead atoms. The molecule has 5 heteroatoms. The quantitative estimate of drug-likeness (QED) is 0.673. The number of carbonyl (C=O) groups is 2. The molecule has 0 amide bonds. The van der Waals surface area contributed by atoms with Crippen molar-refractivity contribution in [3.63, 3.8) is 0 Å². The van der Waals surface area contributed by atoms with Crippen molar-refractivity contribution in [2.45, 2.75) is 39.2 Å². The zero-order chi connectivity index (χ0) is 12.7. The molecule has 0 aromatic carbocycles. The van der Waals surface area contributed by atoms with Crippen molar-refractivity contribution >= 4 is 11.8 Å². The molecular formula is C12H18N2O3. The number of aromatic nitrogens is 2. The van der Waals surface area contributed by atoms with E-state index in [1.54, 1.807) is 6.20 Å². The van der Waals surface area contributed by atoms with Crippen LogP contribution in [0.5, 0.6) is 0 Å². The van der Waals surface area contributed by atoms with E-state index in [-0.39, 0.29) is 24.6 Å². The maximum atomic E-state index is 11.6. The lowest BCUT2D eigenvalue weighted by molar-refractivity contribution is -0.141. The lowest BCUT2D eigenvalue weighted by atomic mass is 10.1. The van der Waals surface area contributed by atoms with Gasteiger partial charge in [-0.3, -0.25) is 14.3 Å². The van der Waals surface area contributed by atoms with Gasteiger partial charge in [-0.1, -0.05) is 6.92 Å². The van der Waals surface area contributed by atoms with E-state index in [1.165, 1.54) is 7.11 Å². The Morgan fingerprint density at radius 3 is 2.82 bits per heavy atom. The fourth-order valence-electron chi connectivity index (χ4n) is 1.51. The molecule has 0 aliphatic rings. The van der Waals surface area contributed by atoms with E-state index in [0.29, 0.717) is 6.42 Å². The highest BCUT2D eigenvalue weighted by molar-refractivity contribution is 5.84. The van der Waals surface area contributed by atoms with E-state index in [4.69, 9.17) is 0 Å². The van der Waals surface area contributed by atoms with Crippen molar-refractivity contribution in [2.75, 3.05) is 7.11 Å². The molecule has 1 heterocycles. The van der Waals surface area contributed by atoms with Crippen LogP contribution in [0.4, 0.5) is 0 Å². The van der Waals surface area contributed by atoms with E-state index >= 15 is 0 Å². The van der Waals surface area contributed by atoms with E-state index in [1.807, 2.05) is 10.9 Å². The smallest absolute Gasteiger partial charge is 0.305 e. The van der Waals surface area contributed by atoms with Gasteiger partial charge in [0.25, 0.3) is 0 Å². The first-order valence-corrected chi connectivity index (χ1v) is 5.75. The third-order valence-electron chi connectivity index (χ3n) is 2.38. The Morgan fingerprint density at radius 2 is 2.18 bits per heavy atom. The van der Waals surface area contributed by atoms with Crippen LogP contribution < -0.4 is 0 Å². The Bertz CT molecular complexity index is 385. The number of nitrogens with zero attached hydrogens (tertiary/aromatic N) is 2. The van der Waals surface area contributed by atoms with Gasteiger partial charge in [0.15, 0.2) is 0 Å². The lowest BCUT2D eigenvalue weighted by Crippen LogP contribution is -2.07. The van der Waals surface area contributed by atoms with Crippen LogP contribution in [0.25, 0.3) is 0 Å². The highest BCUT2D eigenvalue weighted by Crippen LogP contribution is 2.04. The molecule has 5 nitrogen and oxygen atoms in total. The molecule has 0 saturated carbocycles. The summed E-state index contributed by atoms with van der Waals surface area (Å²) in [6.45, 7) is 2.93. The van der Waals surface area contributed by atoms with Crippen molar-refractivity contribution in [3.8, 4) is 0 Å². The van der Waals surface area contributed by atoms with Crippen LogP contribution in [0, 0.1) is 0 Å². The molecule has 17 heavy (non-hydrogen) atoms. The van der Waals surface area contributed by atoms with Gasteiger partial charge in [-0.15, -0.1) is 0 Å². The van der Waals surface area contributed by atoms with Gasteiger partial charge in [0.2, 0.25) is 0 Å². The van der Waals surface area contributed by atoms with Crippen molar-refractivity contribution in [1.29, 1.82) is 0 Å². The number of esters is 1. The van der Waals surface area contributed by atoms with Gasteiger partial charge in [-0.05, 0) is 12.0 Å². The summed E-state index contributed by atoms with van der Waals surface area (Å²) in [5.74, 6) is -0.313. The van der Waals surface area contributed by atoms with Crippen LogP contribution in [0.2, 0.25) is 0 Å². The molecule has 1 aromatic rings. The fraction of sp³-hybridized carbons (Fsp3) is 0.583. The Morgan fingerprint density at radius 1 is 1.41 bits per heavy atom. The summed E-state index contributed by atoms with van der Waals surface area (Å²) >= 11 is 0. The molecule has 0 aliphatic heterocycles. The second kappa shape index (κ2) is 6.83. The number of aryl methyl sites for hydroxylation is 1. The predicted molar refractivity (Wildman–Crippen MR) is 62.5 cm³/mol. The average Bonchev–Trinajstić information content (AvgIpc) is 2.74. The molecule has 1 aromatic heterocycles. The van der Waals surface area contributed by atoms with Gasteiger partial charge in [0, 0.05) is 25.6 Å². The van der Waals surface area contributed by atoms with Gasteiger partial charge < -0.3 is 4.74 Å². The SMILES string of the molecule is CCCn1cc(CC(=O)CCC(=O)OC)cn1. The summed E-state index contributed by atoms with van der Waals surface area (Å²) in [6, 6.07) is 0. The van der Waals surface area contributed by atoms with Gasteiger partial charge in [0.05, 0.1) is 19.7 Å². The number of Topliss-reactive ketones (excluding diaryl/α,β-unsaturated/α-hetero) is 1. The maximum Gasteiger partial charge on any atom is 0.305 e. The number of rotatable bonds is 7. The van der Waals surface area contributed by atoms with Crippen LogP contribution >= 0.6 is 0 Å². The van der Waals surface area contributed by atoms with Gasteiger partial charge in [-0.25, -0.2) is 0 Å². The Balaban J connectivity index is 2.36. The molecule has 0 fully saturated rings. The predicted octanol–water partition coefficient (Wildman–Crippen LogP) is 1.36. The monoisotopic (exact) mass is 238 g/mol. The van der Waals surface area contributed by atoms with Crippen molar-refractivity contribution in [1.82, 2.24) is 9.78 Å². The summed E-state index contributed by atoms with van der Waals surface area (Å²) in [5, 5.41) is 4.14. The van der Waals surface area contributed by atoms with Crippen LogP contribution in [0.3, 0.4) is 0 Å². The van der Waals surface area contributed by atoms with E-state index < -0.39 is 0 Å². The number of carbonyl (C=O) groups excluding carboxylic acids is 2. The number of hydrogen-bond donors (Lipinski definition) is 0. The van der Waals surface area contributed by atoms with Crippen LogP contribution in [-0.2, 0) is 27.3 Å². The molecule has 0 aliphatic carbocycles. The van der Waals surface area contributed by atoms with Crippen LogP contribution in [-0.4, -0.2) is 28.6 Å². The van der Waals surface area contributed by atoms with Gasteiger partial charge >= 0.3 is 5.97 Å². The van der Waals surface area contributed by atoms with E-state index in [9.17, 15) is 9.59 Å². The van der Waals surface area contributed by atoms with Gasteiger partial charge in [-0.2, -0.15) is 5.10 Å². The van der Waals surface area contributed by atoms with Crippen molar-refractivity contribution in [2.24, 2.45) is 0 Å². The normalized spacial score (nSPS) is 10.2. The molecule has 0 unspecified atom stereocenters. The molecule has 0 N–H and O–H groups in total. The second-order valence-electron chi connectivity index (χ2n) is 3.90. The number of ether oxygens (including phenoxy) is 1. The lowest BCUT2D eigenvalue weighted by Gasteiger charge is -1.98. The standard InChI is InChI=1S/C12H18N2O3/c1-3-6-14-9-10(8-13-14)7-11(15)4-5-12(16)17-2/h8-9H,3-7H2,1-2H3. The highest BCUT2D eigenvalue weighted by atomic mass is 16.5. The Hall–Kier alpha value is -1.65.